The number of ether oxygens (including phenoxy) is 2. The molecule has 0 saturated carbocycles. The molecular formula is C9H13N3O5. The average Bonchev–Trinajstić information content (AvgIpc) is 2.74. The predicted octanol–water partition coefficient (Wildman–Crippen LogP) is -1.01. The van der Waals surface area contributed by atoms with E-state index in [2.05, 4.69) is 19.6 Å². The van der Waals surface area contributed by atoms with Gasteiger partial charge in [-0.1, -0.05) is 0 Å². The molecule has 1 heterocycles. The molecule has 0 amide bonds. The van der Waals surface area contributed by atoms with Gasteiger partial charge in [-0.05, 0) is 6.92 Å². The summed E-state index contributed by atoms with van der Waals surface area (Å²) in [6, 6.07) is 0. The number of aromatic nitrogens is 3. The van der Waals surface area contributed by atoms with Crippen molar-refractivity contribution < 1.29 is 24.2 Å². The number of hydrogen-bond acceptors (Lipinski definition) is 7. The van der Waals surface area contributed by atoms with E-state index in [4.69, 9.17) is 0 Å². The highest BCUT2D eigenvalue weighted by Crippen LogP contribution is 2.08. The van der Waals surface area contributed by atoms with Crippen molar-refractivity contribution in [1.29, 1.82) is 0 Å². The molecule has 0 aliphatic heterocycles. The van der Waals surface area contributed by atoms with E-state index in [1.165, 1.54) is 20.4 Å². The van der Waals surface area contributed by atoms with Crippen LogP contribution < -0.4 is 0 Å². The molecule has 8 nitrogen and oxygen atoms in total. The van der Waals surface area contributed by atoms with Crippen LogP contribution in [0.2, 0.25) is 0 Å². The Morgan fingerprint density at radius 1 is 1.47 bits per heavy atom. The highest BCUT2D eigenvalue weighted by molar-refractivity contribution is 5.84. The van der Waals surface area contributed by atoms with Crippen LogP contribution in [0.4, 0.5) is 0 Å². The smallest absolute Gasteiger partial charge is 0.377 e. The fraction of sp³-hybridized carbons (Fsp3) is 0.556. The minimum Gasteiger partial charge on any atom is -0.467 e. The molecule has 0 aliphatic carbocycles. The summed E-state index contributed by atoms with van der Waals surface area (Å²) in [4.78, 5) is 25.9. The van der Waals surface area contributed by atoms with Crippen molar-refractivity contribution in [1.82, 2.24) is 14.8 Å². The number of rotatable bonds is 4. The minimum atomic E-state index is -1.74. The maximum atomic E-state index is 11.2. The number of methoxy groups -OCH3 is 2. The van der Waals surface area contributed by atoms with Crippen LogP contribution in [0.25, 0.3) is 0 Å². The molecule has 0 aromatic carbocycles. The topological polar surface area (TPSA) is 104 Å². The molecule has 1 N–H and O–H groups in total. The highest BCUT2D eigenvalue weighted by Gasteiger charge is 2.32. The highest BCUT2D eigenvalue weighted by atomic mass is 16.5. The Morgan fingerprint density at radius 3 is 2.65 bits per heavy atom. The second-order valence-electron chi connectivity index (χ2n) is 3.52. The summed E-state index contributed by atoms with van der Waals surface area (Å²) >= 11 is 0. The molecule has 17 heavy (non-hydrogen) atoms. The van der Waals surface area contributed by atoms with Gasteiger partial charge in [-0.2, -0.15) is 0 Å². The van der Waals surface area contributed by atoms with Gasteiger partial charge >= 0.3 is 11.9 Å². The normalized spacial score (nSPS) is 13.9. The fourth-order valence-electron chi connectivity index (χ4n) is 1.16. The van der Waals surface area contributed by atoms with Gasteiger partial charge < -0.3 is 14.6 Å². The Bertz CT molecular complexity index is 426. The Hall–Kier alpha value is -1.96. The number of carbonyl (C=O) groups is 2. The molecular weight excluding hydrogens is 230 g/mol. The molecule has 1 aromatic rings. The van der Waals surface area contributed by atoms with Crippen molar-refractivity contribution in [3.8, 4) is 0 Å². The number of aliphatic hydroxyl groups is 1. The van der Waals surface area contributed by atoms with Crippen molar-refractivity contribution in [2.24, 2.45) is 0 Å². The first-order valence-electron chi connectivity index (χ1n) is 4.69. The molecule has 0 bridgehead atoms. The molecule has 0 saturated heterocycles. The third-order valence-electron chi connectivity index (χ3n) is 2.00. The van der Waals surface area contributed by atoms with E-state index < -0.39 is 17.5 Å². The van der Waals surface area contributed by atoms with Gasteiger partial charge in [0, 0.05) is 0 Å². The molecule has 1 rings (SSSR count). The quantitative estimate of drug-likeness (QED) is 0.675. The van der Waals surface area contributed by atoms with E-state index >= 15 is 0 Å². The van der Waals surface area contributed by atoms with E-state index in [0.29, 0.717) is 0 Å². The van der Waals surface area contributed by atoms with Crippen molar-refractivity contribution >= 4 is 11.9 Å². The summed E-state index contributed by atoms with van der Waals surface area (Å²) in [6.07, 6.45) is 1.21. The van der Waals surface area contributed by atoms with Crippen LogP contribution >= 0.6 is 0 Å². The lowest BCUT2D eigenvalue weighted by Gasteiger charge is -2.19. The third-order valence-corrected chi connectivity index (χ3v) is 2.00. The Kier molecular flexibility index (Phi) is 3.79. The van der Waals surface area contributed by atoms with Crippen LogP contribution in [0.15, 0.2) is 6.33 Å². The standard InChI is InChI=1S/C9H13N3O5/c1-9(15,8(14)17-3)4-12-5-10-6(11-12)7(13)16-2/h5,15H,4H2,1-3H3. The molecule has 0 aliphatic rings. The Morgan fingerprint density at radius 2 is 2.12 bits per heavy atom. The van der Waals surface area contributed by atoms with Crippen molar-refractivity contribution in [2.75, 3.05) is 14.2 Å². The number of carbonyl (C=O) groups excluding carboxylic acids is 2. The van der Waals surface area contributed by atoms with Crippen LogP contribution in [0, 0.1) is 0 Å². The lowest BCUT2D eigenvalue weighted by molar-refractivity contribution is -0.162. The van der Waals surface area contributed by atoms with E-state index in [-0.39, 0.29) is 12.4 Å². The SMILES string of the molecule is COC(=O)c1ncn(CC(C)(O)C(=O)OC)n1. The van der Waals surface area contributed by atoms with Gasteiger partial charge in [0.2, 0.25) is 0 Å². The van der Waals surface area contributed by atoms with Gasteiger partial charge in [0.1, 0.15) is 6.33 Å². The lowest BCUT2D eigenvalue weighted by Crippen LogP contribution is -2.40. The second-order valence-corrected chi connectivity index (χ2v) is 3.52. The molecule has 94 valence electrons. The maximum Gasteiger partial charge on any atom is 0.377 e. The van der Waals surface area contributed by atoms with Gasteiger partial charge in [-0.25, -0.2) is 19.3 Å². The minimum absolute atomic E-state index is 0.145. The average molecular weight is 243 g/mol. The van der Waals surface area contributed by atoms with E-state index in [1.54, 1.807) is 0 Å². The molecule has 0 radical (unpaired) electrons. The zero-order chi connectivity index (χ0) is 13.1. The first-order chi connectivity index (χ1) is 7.90. The van der Waals surface area contributed by atoms with Gasteiger partial charge in [0.15, 0.2) is 5.60 Å². The zero-order valence-corrected chi connectivity index (χ0v) is 9.71. The monoisotopic (exact) mass is 243 g/mol. The molecule has 1 aromatic heterocycles. The van der Waals surface area contributed by atoms with Crippen LogP contribution in [0.1, 0.15) is 17.5 Å². The summed E-state index contributed by atoms with van der Waals surface area (Å²) < 4.78 is 9.99. The van der Waals surface area contributed by atoms with Gasteiger partial charge in [0.25, 0.3) is 5.82 Å². The lowest BCUT2D eigenvalue weighted by atomic mass is 10.1. The van der Waals surface area contributed by atoms with Crippen molar-refractivity contribution in [3.05, 3.63) is 12.2 Å². The summed E-state index contributed by atoms with van der Waals surface area (Å²) in [5.41, 5.74) is -1.74. The molecule has 0 spiro atoms. The van der Waals surface area contributed by atoms with Crippen LogP contribution in [-0.4, -0.2) is 51.6 Å². The third kappa shape index (κ3) is 3.00. The van der Waals surface area contributed by atoms with Gasteiger partial charge in [-0.3, -0.25) is 0 Å². The first-order valence-corrected chi connectivity index (χ1v) is 4.69. The van der Waals surface area contributed by atoms with Gasteiger partial charge in [0.05, 0.1) is 20.8 Å². The Labute approximate surface area is 97.2 Å². The van der Waals surface area contributed by atoms with Crippen molar-refractivity contribution in [3.63, 3.8) is 0 Å². The first kappa shape index (κ1) is 13.1. The number of esters is 2. The summed E-state index contributed by atoms with van der Waals surface area (Å²) in [5.74, 6) is -1.64. The molecule has 1 atom stereocenters. The van der Waals surface area contributed by atoms with Crippen LogP contribution in [-0.2, 0) is 20.8 Å². The molecule has 0 fully saturated rings. The summed E-state index contributed by atoms with van der Waals surface area (Å²) in [6.45, 7) is 1.10. The number of hydrogen-bond donors (Lipinski definition) is 1. The van der Waals surface area contributed by atoms with Crippen LogP contribution in [0.5, 0.6) is 0 Å². The largest absolute Gasteiger partial charge is 0.467 e. The van der Waals surface area contributed by atoms with Crippen molar-refractivity contribution in [2.45, 2.75) is 19.1 Å². The van der Waals surface area contributed by atoms with E-state index in [0.717, 1.165) is 11.8 Å². The summed E-state index contributed by atoms with van der Waals surface area (Å²) in [7, 11) is 2.37. The Balaban J connectivity index is 2.79. The predicted molar refractivity (Wildman–Crippen MR) is 54.0 cm³/mol. The fourth-order valence-corrected chi connectivity index (χ4v) is 1.16. The molecule has 8 heteroatoms. The second kappa shape index (κ2) is 4.91. The van der Waals surface area contributed by atoms with E-state index in [1.807, 2.05) is 0 Å². The van der Waals surface area contributed by atoms with E-state index in [9.17, 15) is 14.7 Å². The summed E-state index contributed by atoms with van der Waals surface area (Å²) in [5, 5.41) is 13.5. The van der Waals surface area contributed by atoms with Crippen LogP contribution in [0.3, 0.4) is 0 Å². The number of nitrogens with zero attached hydrogens (tertiary/aromatic N) is 3. The maximum absolute atomic E-state index is 11.2. The molecule has 1 unspecified atom stereocenters. The van der Waals surface area contributed by atoms with Gasteiger partial charge in [-0.15, -0.1) is 5.10 Å². The zero-order valence-electron chi connectivity index (χ0n) is 9.71.